The summed E-state index contributed by atoms with van der Waals surface area (Å²) in [5.74, 6) is 0. The van der Waals surface area contributed by atoms with E-state index >= 15 is 0 Å². The number of pyridine rings is 1. The molecule has 0 saturated heterocycles. The van der Waals surface area contributed by atoms with Crippen molar-refractivity contribution in [3.63, 3.8) is 0 Å². The number of rotatable bonds is 6. The molecule has 0 radical (unpaired) electrons. The molecule has 21 heavy (non-hydrogen) atoms. The average Bonchev–Trinajstić information content (AvgIpc) is 2.50. The second-order valence-corrected chi connectivity index (χ2v) is 5.03. The quantitative estimate of drug-likeness (QED) is 0.799. The molecule has 110 valence electrons. The molecule has 1 aromatic carbocycles. The lowest BCUT2D eigenvalue weighted by Gasteiger charge is -2.07. The molecule has 2 N–H and O–H groups in total. The summed E-state index contributed by atoms with van der Waals surface area (Å²) in [7, 11) is 0. The Kier molecular flexibility index (Phi) is 5.52. The van der Waals surface area contributed by atoms with Crippen molar-refractivity contribution in [1.82, 2.24) is 4.98 Å². The van der Waals surface area contributed by atoms with E-state index in [1.807, 2.05) is 42.5 Å². The third-order valence-electron chi connectivity index (χ3n) is 3.32. The van der Waals surface area contributed by atoms with E-state index in [1.54, 1.807) is 12.1 Å². The van der Waals surface area contributed by atoms with Gasteiger partial charge in [0.1, 0.15) is 0 Å². The van der Waals surface area contributed by atoms with E-state index in [0.717, 1.165) is 17.6 Å². The average molecular weight is 283 g/mol. The lowest BCUT2D eigenvalue weighted by molar-refractivity contribution is 0.212. The van der Waals surface area contributed by atoms with Crippen molar-refractivity contribution in [2.75, 3.05) is 0 Å². The van der Waals surface area contributed by atoms with Crippen molar-refractivity contribution >= 4 is 10.9 Å². The highest BCUT2D eigenvalue weighted by Gasteiger charge is 2.04. The Morgan fingerprint density at radius 2 is 2.10 bits per heavy atom. The number of H-pyrrole nitrogens is 1. The molecule has 0 saturated carbocycles. The molecule has 1 atom stereocenters. The summed E-state index contributed by atoms with van der Waals surface area (Å²) in [4.78, 5) is 15.2. The highest BCUT2D eigenvalue weighted by molar-refractivity contribution is 5.78. The van der Waals surface area contributed by atoms with Crippen LogP contribution in [0.4, 0.5) is 0 Å². The molecule has 1 heterocycles. The van der Waals surface area contributed by atoms with Gasteiger partial charge in [-0.2, -0.15) is 0 Å². The van der Waals surface area contributed by atoms with Gasteiger partial charge >= 0.3 is 0 Å². The number of hydrogen-bond donors (Lipinski definition) is 2. The van der Waals surface area contributed by atoms with Gasteiger partial charge in [0.25, 0.3) is 0 Å². The Hall–Kier alpha value is -2.13. The predicted molar refractivity (Wildman–Crippen MR) is 87.5 cm³/mol. The maximum Gasteiger partial charge on any atom is 0.189 e. The second-order valence-electron chi connectivity index (χ2n) is 5.03. The van der Waals surface area contributed by atoms with Crippen LogP contribution < -0.4 is 5.43 Å². The zero-order chi connectivity index (χ0) is 15.1. The molecule has 0 aliphatic rings. The van der Waals surface area contributed by atoms with Gasteiger partial charge < -0.3 is 10.1 Å². The van der Waals surface area contributed by atoms with E-state index in [-0.39, 0.29) is 5.43 Å². The molecule has 0 spiro atoms. The van der Waals surface area contributed by atoms with E-state index in [1.165, 1.54) is 0 Å². The number of aliphatic hydroxyl groups is 1. The predicted octanol–water partition coefficient (Wildman–Crippen LogP) is 3.34. The number of fused-ring (bicyclic) bond motifs is 1. The summed E-state index contributed by atoms with van der Waals surface area (Å²) in [6, 6.07) is 9.09. The van der Waals surface area contributed by atoms with Crippen molar-refractivity contribution in [1.29, 1.82) is 0 Å². The number of aromatic amines is 1. The van der Waals surface area contributed by atoms with Crippen molar-refractivity contribution < 1.29 is 5.11 Å². The highest BCUT2D eigenvalue weighted by Crippen LogP contribution is 2.09. The number of allylic oxidation sites excluding steroid dienone is 3. The van der Waals surface area contributed by atoms with Crippen LogP contribution in [0.5, 0.6) is 0 Å². The number of aliphatic hydroxyl groups excluding tert-OH is 1. The summed E-state index contributed by atoms with van der Waals surface area (Å²) < 4.78 is 0. The summed E-state index contributed by atoms with van der Waals surface area (Å²) in [6.07, 6.45) is 9.31. The first kappa shape index (κ1) is 15.3. The number of nitrogens with one attached hydrogen (secondary N) is 1. The van der Waals surface area contributed by atoms with Crippen molar-refractivity contribution in [3.05, 3.63) is 70.6 Å². The maximum atomic E-state index is 12.0. The minimum atomic E-state index is -0.499. The van der Waals surface area contributed by atoms with Gasteiger partial charge in [0, 0.05) is 22.7 Å². The molecular formula is C18H21NO2. The van der Waals surface area contributed by atoms with E-state index < -0.39 is 6.10 Å². The van der Waals surface area contributed by atoms with Crippen molar-refractivity contribution in [3.8, 4) is 0 Å². The normalized spacial score (nSPS) is 13.4. The third-order valence-corrected chi connectivity index (χ3v) is 3.32. The fourth-order valence-corrected chi connectivity index (χ4v) is 2.19. The number of aromatic nitrogens is 1. The number of benzene rings is 1. The molecule has 1 aromatic heterocycles. The van der Waals surface area contributed by atoms with Crippen LogP contribution in [0, 0.1) is 0 Å². The van der Waals surface area contributed by atoms with Gasteiger partial charge in [-0.25, -0.2) is 0 Å². The van der Waals surface area contributed by atoms with Crippen LogP contribution in [0.25, 0.3) is 10.9 Å². The largest absolute Gasteiger partial charge is 0.389 e. The molecular weight excluding hydrogens is 262 g/mol. The van der Waals surface area contributed by atoms with Crippen molar-refractivity contribution in [2.45, 2.75) is 32.3 Å². The number of aryl methyl sites for hydroxylation is 1. The first-order valence-corrected chi connectivity index (χ1v) is 7.33. The SMILES string of the molecule is CC/C=C/C=C/[C@@H](O)CCc1cc(=O)c2ccccc2[nH]1. The second kappa shape index (κ2) is 7.60. The van der Waals surface area contributed by atoms with E-state index in [2.05, 4.69) is 11.9 Å². The highest BCUT2D eigenvalue weighted by atomic mass is 16.3. The van der Waals surface area contributed by atoms with Crippen LogP contribution in [0.2, 0.25) is 0 Å². The number of para-hydroxylation sites is 1. The maximum absolute atomic E-state index is 12.0. The van der Waals surface area contributed by atoms with Crippen LogP contribution >= 0.6 is 0 Å². The fraction of sp³-hybridized carbons (Fsp3) is 0.278. The Bertz CT molecular complexity index is 698. The molecule has 0 aliphatic heterocycles. The van der Waals surface area contributed by atoms with Crippen LogP contribution in [-0.2, 0) is 6.42 Å². The zero-order valence-electron chi connectivity index (χ0n) is 12.3. The van der Waals surface area contributed by atoms with Gasteiger partial charge in [-0.15, -0.1) is 0 Å². The minimum absolute atomic E-state index is 0.0234. The van der Waals surface area contributed by atoms with Crippen LogP contribution in [0.15, 0.2) is 59.4 Å². The van der Waals surface area contributed by atoms with Gasteiger partial charge in [-0.3, -0.25) is 4.79 Å². The molecule has 2 aromatic rings. The fourth-order valence-electron chi connectivity index (χ4n) is 2.19. The van der Waals surface area contributed by atoms with Gasteiger partial charge in [0.2, 0.25) is 0 Å². The van der Waals surface area contributed by atoms with Gasteiger partial charge in [0.05, 0.1) is 6.10 Å². The van der Waals surface area contributed by atoms with Crippen LogP contribution in [0.3, 0.4) is 0 Å². The molecule has 0 unspecified atom stereocenters. The molecule has 2 rings (SSSR count). The minimum Gasteiger partial charge on any atom is -0.389 e. The third kappa shape index (κ3) is 4.43. The Morgan fingerprint density at radius 1 is 1.29 bits per heavy atom. The Balaban J connectivity index is 2.02. The van der Waals surface area contributed by atoms with Crippen LogP contribution in [-0.4, -0.2) is 16.2 Å². The summed E-state index contributed by atoms with van der Waals surface area (Å²) in [5, 5.41) is 10.6. The molecule has 3 heteroatoms. The lowest BCUT2D eigenvalue weighted by Crippen LogP contribution is -2.08. The summed E-state index contributed by atoms with van der Waals surface area (Å²) >= 11 is 0. The van der Waals surface area contributed by atoms with Gasteiger partial charge in [0.15, 0.2) is 5.43 Å². The first-order valence-electron chi connectivity index (χ1n) is 7.33. The molecule has 0 fully saturated rings. The molecule has 0 bridgehead atoms. The Morgan fingerprint density at radius 3 is 2.90 bits per heavy atom. The monoisotopic (exact) mass is 283 g/mol. The zero-order valence-corrected chi connectivity index (χ0v) is 12.3. The Labute approximate surface area is 124 Å². The topological polar surface area (TPSA) is 53.1 Å². The van der Waals surface area contributed by atoms with Gasteiger partial charge in [-0.1, -0.05) is 43.4 Å². The van der Waals surface area contributed by atoms with E-state index in [4.69, 9.17) is 0 Å². The molecule has 3 nitrogen and oxygen atoms in total. The van der Waals surface area contributed by atoms with E-state index in [9.17, 15) is 9.90 Å². The van der Waals surface area contributed by atoms with Gasteiger partial charge in [-0.05, 0) is 31.4 Å². The van der Waals surface area contributed by atoms with Crippen molar-refractivity contribution in [2.24, 2.45) is 0 Å². The standard InChI is InChI=1S/C18H21NO2/c1-2-3-4-5-8-15(20)12-11-14-13-18(21)16-9-6-7-10-17(16)19-14/h3-10,13,15,20H,2,11-12H2,1H3,(H,19,21)/b4-3+,8-5+/t15-/m1/s1. The number of hydrogen-bond acceptors (Lipinski definition) is 2. The van der Waals surface area contributed by atoms with E-state index in [0.29, 0.717) is 18.2 Å². The summed E-state index contributed by atoms with van der Waals surface area (Å²) in [6.45, 7) is 2.07. The lowest BCUT2D eigenvalue weighted by atomic mass is 10.1. The summed E-state index contributed by atoms with van der Waals surface area (Å²) in [5.41, 5.74) is 1.72. The molecule has 0 amide bonds. The van der Waals surface area contributed by atoms with Crippen LogP contribution in [0.1, 0.15) is 25.5 Å². The molecule has 0 aliphatic carbocycles. The first-order chi connectivity index (χ1) is 10.2. The smallest absolute Gasteiger partial charge is 0.189 e.